The van der Waals surface area contributed by atoms with Crippen LogP contribution < -0.4 is 15.6 Å². The smallest absolute Gasteiger partial charge is 0.252 e. The molecule has 2 aromatic rings. The first-order valence-corrected chi connectivity index (χ1v) is 9.51. The minimum atomic E-state index is -0.307. The number of carbonyl (C=O) groups excluding carboxylic acids is 1. The van der Waals surface area contributed by atoms with E-state index in [0.29, 0.717) is 31.4 Å². The highest BCUT2D eigenvalue weighted by molar-refractivity contribution is 5.94. The number of benzene rings is 1. The fourth-order valence-electron chi connectivity index (χ4n) is 3.92. The minimum Gasteiger partial charge on any atom is -0.493 e. The van der Waals surface area contributed by atoms with Gasteiger partial charge in [0, 0.05) is 23.7 Å². The Labute approximate surface area is 157 Å². The van der Waals surface area contributed by atoms with Gasteiger partial charge in [-0.15, -0.1) is 0 Å². The lowest BCUT2D eigenvalue weighted by atomic mass is 9.74. The van der Waals surface area contributed by atoms with Crippen molar-refractivity contribution >= 4 is 5.91 Å². The van der Waals surface area contributed by atoms with Gasteiger partial charge in [0.15, 0.2) is 0 Å². The predicted octanol–water partition coefficient (Wildman–Crippen LogP) is 2.11. The van der Waals surface area contributed by atoms with E-state index < -0.39 is 0 Å². The second-order valence-corrected chi connectivity index (χ2v) is 7.41. The molecule has 1 fully saturated rings. The number of H-pyrrole nitrogens is 1. The molecule has 1 saturated carbocycles. The summed E-state index contributed by atoms with van der Waals surface area (Å²) in [6.07, 6.45) is 2.53. The standard InChI is InChI=1S/C21H24N2O4/c1-2-16-8-15(11-19(25)22-16)21(26)23-20(14-9-17(24)10-14)13-3-4-18-12(7-13)5-6-27-18/h3-4,7-8,11,14,17,20,24H,2,5-6,9-10H2,1H3,(H,22,25)(H,23,26)/t14?,17?,20-/m1/s1. The maximum atomic E-state index is 12.9. The molecule has 4 rings (SSSR count). The monoisotopic (exact) mass is 368 g/mol. The molecule has 2 heterocycles. The molecule has 0 unspecified atom stereocenters. The SMILES string of the molecule is CCc1cc(C(=O)N[C@H](c2ccc3c(c2)CCO3)C2CC(O)C2)cc(=O)[nH]1. The van der Waals surface area contributed by atoms with Crippen molar-refractivity contribution in [1.82, 2.24) is 10.3 Å². The Kier molecular flexibility index (Phi) is 4.74. The Morgan fingerprint density at radius 2 is 2.15 bits per heavy atom. The third-order valence-electron chi connectivity index (χ3n) is 5.52. The second kappa shape index (κ2) is 7.19. The van der Waals surface area contributed by atoms with E-state index in [1.54, 1.807) is 6.07 Å². The number of aryl methyl sites for hydroxylation is 1. The molecule has 1 atom stereocenters. The summed E-state index contributed by atoms with van der Waals surface area (Å²) >= 11 is 0. The first kappa shape index (κ1) is 17.8. The van der Waals surface area contributed by atoms with Crippen molar-refractivity contribution in [2.24, 2.45) is 5.92 Å². The van der Waals surface area contributed by atoms with Gasteiger partial charge < -0.3 is 20.1 Å². The van der Waals surface area contributed by atoms with E-state index in [9.17, 15) is 14.7 Å². The van der Waals surface area contributed by atoms with E-state index >= 15 is 0 Å². The van der Waals surface area contributed by atoms with Crippen molar-refractivity contribution in [3.8, 4) is 5.75 Å². The number of hydrogen-bond donors (Lipinski definition) is 3. The zero-order valence-electron chi connectivity index (χ0n) is 15.3. The van der Waals surface area contributed by atoms with E-state index in [-0.39, 0.29) is 29.5 Å². The topological polar surface area (TPSA) is 91.4 Å². The highest BCUT2D eigenvalue weighted by Gasteiger charge is 2.36. The summed E-state index contributed by atoms with van der Waals surface area (Å²) in [7, 11) is 0. The lowest BCUT2D eigenvalue weighted by molar-refractivity contribution is 0.0235. The number of aliphatic hydroxyl groups excluding tert-OH is 1. The molecule has 27 heavy (non-hydrogen) atoms. The van der Waals surface area contributed by atoms with E-state index in [2.05, 4.69) is 16.4 Å². The summed E-state index contributed by atoms with van der Waals surface area (Å²) < 4.78 is 5.57. The van der Waals surface area contributed by atoms with Crippen molar-refractivity contribution in [3.63, 3.8) is 0 Å². The van der Waals surface area contributed by atoms with Gasteiger partial charge >= 0.3 is 0 Å². The number of aromatic nitrogens is 1. The maximum Gasteiger partial charge on any atom is 0.252 e. The van der Waals surface area contributed by atoms with Crippen molar-refractivity contribution in [2.45, 2.75) is 44.8 Å². The van der Waals surface area contributed by atoms with Gasteiger partial charge in [-0.05, 0) is 54.5 Å². The molecule has 0 saturated heterocycles. The average Bonchev–Trinajstić information content (AvgIpc) is 3.10. The molecule has 1 aliphatic carbocycles. The van der Waals surface area contributed by atoms with Crippen LogP contribution in [0, 0.1) is 5.92 Å². The molecular weight excluding hydrogens is 344 g/mol. The molecule has 142 valence electrons. The van der Waals surface area contributed by atoms with Gasteiger partial charge in [0.2, 0.25) is 5.56 Å². The molecule has 1 aromatic heterocycles. The van der Waals surface area contributed by atoms with Crippen molar-refractivity contribution in [3.05, 3.63) is 63.1 Å². The molecule has 6 nitrogen and oxygen atoms in total. The minimum absolute atomic E-state index is 0.178. The summed E-state index contributed by atoms with van der Waals surface area (Å²) in [5.74, 6) is 0.815. The summed E-state index contributed by atoms with van der Waals surface area (Å²) in [5.41, 5.74) is 2.99. The van der Waals surface area contributed by atoms with Crippen LogP contribution in [-0.4, -0.2) is 28.7 Å². The summed E-state index contributed by atoms with van der Waals surface area (Å²) in [6.45, 7) is 2.61. The highest BCUT2D eigenvalue weighted by atomic mass is 16.5. The van der Waals surface area contributed by atoms with Crippen LogP contribution in [0.1, 0.15) is 53.0 Å². The van der Waals surface area contributed by atoms with Crippen LogP contribution in [-0.2, 0) is 12.8 Å². The first-order valence-electron chi connectivity index (χ1n) is 9.51. The van der Waals surface area contributed by atoms with Gasteiger partial charge in [-0.1, -0.05) is 13.0 Å². The lowest BCUT2D eigenvalue weighted by Crippen LogP contribution is -2.41. The molecular formula is C21H24N2O4. The summed E-state index contributed by atoms with van der Waals surface area (Å²) in [4.78, 5) is 27.4. The Bertz CT molecular complexity index is 915. The van der Waals surface area contributed by atoms with E-state index in [1.165, 1.54) is 6.07 Å². The van der Waals surface area contributed by atoms with Crippen LogP contribution in [0.5, 0.6) is 5.75 Å². The Hall–Kier alpha value is -2.60. The molecule has 2 aliphatic rings. The van der Waals surface area contributed by atoms with E-state index in [4.69, 9.17) is 4.74 Å². The Balaban J connectivity index is 1.61. The van der Waals surface area contributed by atoms with Gasteiger partial charge in [0.1, 0.15) is 5.75 Å². The number of amides is 1. The van der Waals surface area contributed by atoms with Gasteiger partial charge in [0.05, 0.1) is 18.8 Å². The fraction of sp³-hybridized carbons (Fsp3) is 0.429. The zero-order chi connectivity index (χ0) is 19.0. The molecule has 0 spiro atoms. The van der Waals surface area contributed by atoms with Crippen LogP contribution >= 0.6 is 0 Å². The fourth-order valence-corrected chi connectivity index (χ4v) is 3.92. The number of ether oxygens (including phenoxy) is 1. The van der Waals surface area contributed by atoms with Gasteiger partial charge in [-0.3, -0.25) is 9.59 Å². The molecule has 6 heteroatoms. The number of rotatable bonds is 5. The Morgan fingerprint density at radius 3 is 2.89 bits per heavy atom. The molecule has 1 aromatic carbocycles. The van der Waals surface area contributed by atoms with Gasteiger partial charge in [-0.2, -0.15) is 0 Å². The van der Waals surface area contributed by atoms with Crippen molar-refractivity contribution in [2.75, 3.05) is 6.61 Å². The predicted molar refractivity (Wildman–Crippen MR) is 101 cm³/mol. The molecule has 0 radical (unpaired) electrons. The third-order valence-corrected chi connectivity index (χ3v) is 5.52. The molecule has 1 amide bonds. The van der Waals surface area contributed by atoms with E-state index in [1.807, 2.05) is 19.1 Å². The van der Waals surface area contributed by atoms with Crippen LogP contribution in [0.4, 0.5) is 0 Å². The van der Waals surface area contributed by atoms with E-state index in [0.717, 1.165) is 29.0 Å². The number of nitrogens with one attached hydrogen (secondary N) is 2. The second-order valence-electron chi connectivity index (χ2n) is 7.41. The van der Waals surface area contributed by atoms with Gasteiger partial charge in [-0.25, -0.2) is 0 Å². The van der Waals surface area contributed by atoms with Crippen molar-refractivity contribution < 1.29 is 14.6 Å². The highest BCUT2D eigenvalue weighted by Crippen LogP contribution is 2.39. The number of aliphatic hydroxyl groups is 1. The summed E-state index contributed by atoms with van der Waals surface area (Å²) in [6, 6.07) is 8.88. The number of hydrogen-bond acceptors (Lipinski definition) is 4. The number of aromatic amines is 1. The normalized spacial score (nSPS) is 21.7. The number of pyridine rings is 1. The number of fused-ring (bicyclic) bond motifs is 1. The van der Waals surface area contributed by atoms with Crippen LogP contribution in [0.25, 0.3) is 0 Å². The molecule has 0 bridgehead atoms. The largest absolute Gasteiger partial charge is 0.493 e. The lowest BCUT2D eigenvalue weighted by Gasteiger charge is -2.38. The van der Waals surface area contributed by atoms with Gasteiger partial charge in [0.25, 0.3) is 5.91 Å². The first-order chi connectivity index (χ1) is 13.0. The Morgan fingerprint density at radius 1 is 1.33 bits per heavy atom. The van der Waals surface area contributed by atoms with Crippen LogP contribution in [0.15, 0.2) is 35.1 Å². The van der Waals surface area contributed by atoms with Crippen LogP contribution in [0.2, 0.25) is 0 Å². The maximum absolute atomic E-state index is 12.9. The average molecular weight is 368 g/mol. The quantitative estimate of drug-likeness (QED) is 0.754. The van der Waals surface area contributed by atoms with Crippen LogP contribution in [0.3, 0.4) is 0 Å². The van der Waals surface area contributed by atoms with Crippen molar-refractivity contribution in [1.29, 1.82) is 0 Å². The summed E-state index contributed by atoms with van der Waals surface area (Å²) in [5, 5.41) is 12.8. The third kappa shape index (κ3) is 3.62. The molecule has 3 N–H and O–H groups in total. The zero-order valence-corrected chi connectivity index (χ0v) is 15.3. The molecule has 1 aliphatic heterocycles. The number of carbonyl (C=O) groups is 1.